The molecule has 3 rings (SSSR count). The highest BCUT2D eigenvalue weighted by Gasteiger charge is 2.48. The number of hydrogen-bond acceptors (Lipinski definition) is 4. The Morgan fingerprint density at radius 3 is 2.30 bits per heavy atom. The summed E-state index contributed by atoms with van der Waals surface area (Å²) in [5.41, 5.74) is 4.92. The summed E-state index contributed by atoms with van der Waals surface area (Å²) in [7, 11) is 0. The lowest BCUT2D eigenvalue weighted by atomic mass is 9.85. The Labute approximate surface area is 164 Å². The zero-order valence-electron chi connectivity index (χ0n) is 16.7. The fourth-order valence-electron chi connectivity index (χ4n) is 4.20. The van der Waals surface area contributed by atoms with Crippen LogP contribution in [0.3, 0.4) is 0 Å². The highest BCUT2D eigenvalue weighted by molar-refractivity contribution is 5.91. The van der Waals surface area contributed by atoms with Gasteiger partial charge in [0.05, 0.1) is 0 Å². The van der Waals surface area contributed by atoms with Gasteiger partial charge in [0.1, 0.15) is 18.2 Å². The third-order valence-corrected chi connectivity index (χ3v) is 5.71. The molecule has 0 aromatic rings. The van der Waals surface area contributed by atoms with Gasteiger partial charge in [0.25, 0.3) is 0 Å². The van der Waals surface area contributed by atoms with Gasteiger partial charge in [0.2, 0.25) is 11.8 Å². The van der Waals surface area contributed by atoms with Gasteiger partial charge in [-0.15, -0.1) is 13.2 Å². The van der Waals surface area contributed by atoms with E-state index in [0.717, 1.165) is 31.1 Å². The number of carbonyl (C=O) groups is 3. The van der Waals surface area contributed by atoms with Crippen LogP contribution in [0.4, 0.5) is 4.79 Å². The van der Waals surface area contributed by atoms with Gasteiger partial charge in [0.15, 0.2) is 0 Å². The van der Waals surface area contributed by atoms with E-state index in [2.05, 4.69) is 18.5 Å². The van der Waals surface area contributed by atoms with E-state index in [1.807, 2.05) is 20.8 Å². The highest BCUT2D eigenvalue weighted by Crippen LogP contribution is 2.52. The van der Waals surface area contributed by atoms with Crippen molar-refractivity contribution in [3.63, 3.8) is 0 Å². The molecular formula is C20H37N3O4. The van der Waals surface area contributed by atoms with Gasteiger partial charge in [-0.3, -0.25) is 9.59 Å². The van der Waals surface area contributed by atoms with E-state index in [4.69, 9.17) is 10.5 Å². The van der Waals surface area contributed by atoms with Gasteiger partial charge < -0.3 is 20.7 Å². The largest absolute Gasteiger partial charge is 0.446 e. The molecule has 0 aromatic heterocycles. The quantitative estimate of drug-likeness (QED) is 0.729. The average molecular weight is 384 g/mol. The lowest BCUT2D eigenvalue weighted by Crippen LogP contribution is -2.57. The van der Waals surface area contributed by atoms with Gasteiger partial charge in [-0.05, 0) is 49.4 Å². The topological polar surface area (TPSA) is 102 Å². The molecule has 3 N–H and O–H groups in total. The Morgan fingerprint density at radius 1 is 1.19 bits per heavy atom. The van der Waals surface area contributed by atoms with E-state index in [0.29, 0.717) is 13.0 Å². The molecule has 0 spiro atoms. The fraction of sp³-hybridized carbons (Fsp3) is 0.750. The maximum atomic E-state index is 13.0. The van der Waals surface area contributed by atoms with Crippen molar-refractivity contribution >= 4 is 17.9 Å². The number of nitrogens with one attached hydrogen (secondary N) is 1. The predicted octanol–water partition coefficient (Wildman–Crippen LogP) is 2.70. The molecule has 2 saturated carbocycles. The maximum Gasteiger partial charge on any atom is 0.408 e. The summed E-state index contributed by atoms with van der Waals surface area (Å²) in [5.74, 6) is 0.684. The van der Waals surface area contributed by atoms with Crippen LogP contribution in [-0.2, 0) is 14.3 Å². The van der Waals surface area contributed by atoms with Crippen molar-refractivity contribution in [3.05, 3.63) is 13.2 Å². The first-order chi connectivity index (χ1) is 12.7. The number of amides is 3. The second-order valence-corrected chi connectivity index (χ2v) is 8.79. The highest BCUT2D eigenvalue weighted by atomic mass is 16.6. The molecule has 7 nitrogen and oxygen atoms in total. The van der Waals surface area contributed by atoms with Crippen molar-refractivity contribution in [2.75, 3.05) is 6.54 Å². The third-order valence-electron chi connectivity index (χ3n) is 5.71. The number of likely N-dealkylation sites (tertiary alicyclic amines) is 1. The van der Waals surface area contributed by atoms with Crippen LogP contribution in [0.1, 0.15) is 55.7 Å². The first kappa shape index (κ1) is 21.3. The predicted molar refractivity (Wildman–Crippen MR) is 107 cm³/mol. The van der Waals surface area contributed by atoms with E-state index in [9.17, 15) is 14.4 Å². The summed E-state index contributed by atoms with van der Waals surface area (Å²) in [4.78, 5) is 38.4. The molecule has 3 fully saturated rings. The van der Waals surface area contributed by atoms with Crippen LogP contribution in [0.5, 0.6) is 0 Å². The minimum absolute atomic E-state index is 0. The summed E-state index contributed by atoms with van der Waals surface area (Å²) in [5, 5.41) is 2.75. The monoisotopic (exact) mass is 383 g/mol. The molecule has 4 atom stereocenters. The van der Waals surface area contributed by atoms with Crippen LogP contribution in [0.15, 0.2) is 13.2 Å². The van der Waals surface area contributed by atoms with Crippen LogP contribution < -0.4 is 11.1 Å². The number of nitrogens with zero attached hydrogens (tertiary/aromatic N) is 1. The van der Waals surface area contributed by atoms with E-state index in [-0.39, 0.29) is 14.9 Å². The number of nitrogens with two attached hydrogens (primary N) is 1. The van der Waals surface area contributed by atoms with E-state index in [1.165, 1.54) is 11.3 Å². The number of alkyl carbamates (subject to hydrolysis) is 1. The SMILES string of the molecule is C=C.CC(C)(C)[C@H](NC(=O)OC1CC2CC2C1)C(=O)N1CCC[C@H]1C(N)=O.[HH].[HH]. The Bertz CT molecular complexity index is 587. The van der Waals surface area contributed by atoms with Crippen molar-refractivity contribution in [2.24, 2.45) is 23.0 Å². The standard InChI is InChI=1S/C18H29N3O4.C2H4.2H2/c1-18(2,3)14(16(23)21-6-4-5-13(21)15(19)22)20-17(24)25-12-8-10-7-11(10)9-12;1-2;;/h10-14H,4-9H2,1-3H3,(H2,19,22)(H,20,24);1-2H2;2*1H/t10?,11?,12?,13-,14+;;;/m0.../s1. The Balaban J connectivity index is 0.00000190. The molecule has 3 aliphatic rings. The van der Waals surface area contributed by atoms with Crippen LogP contribution in [-0.4, -0.2) is 47.5 Å². The molecule has 0 bridgehead atoms. The van der Waals surface area contributed by atoms with Crippen LogP contribution in [0.2, 0.25) is 0 Å². The van der Waals surface area contributed by atoms with Crippen LogP contribution in [0.25, 0.3) is 0 Å². The summed E-state index contributed by atoms with van der Waals surface area (Å²) >= 11 is 0. The molecule has 0 aromatic carbocycles. The first-order valence-corrected chi connectivity index (χ1v) is 9.73. The molecular weight excluding hydrogens is 346 g/mol. The lowest BCUT2D eigenvalue weighted by Gasteiger charge is -2.35. The molecule has 7 heteroatoms. The molecule has 2 unspecified atom stereocenters. The number of hydrogen-bond donors (Lipinski definition) is 2. The smallest absolute Gasteiger partial charge is 0.408 e. The minimum Gasteiger partial charge on any atom is -0.446 e. The molecule has 1 aliphatic heterocycles. The summed E-state index contributed by atoms with van der Waals surface area (Å²) in [6, 6.07) is -1.34. The van der Waals surface area contributed by atoms with Crippen molar-refractivity contribution in [1.29, 1.82) is 0 Å². The number of carbonyl (C=O) groups excluding carboxylic acids is 3. The Kier molecular flexibility index (Phi) is 6.54. The van der Waals surface area contributed by atoms with Gasteiger partial charge in [-0.2, -0.15) is 0 Å². The van der Waals surface area contributed by atoms with Gasteiger partial charge in [-0.25, -0.2) is 4.79 Å². The summed E-state index contributed by atoms with van der Waals surface area (Å²) < 4.78 is 5.51. The maximum absolute atomic E-state index is 13.0. The lowest BCUT2D eigenvalue weighted by molar-refractivity contribution is -0.141. The molecule has 1 heterocycles. The molecule has 0 radical (unpaired) electrons. The second-order valence-electron chi connectivity index (χ2n) is 8.79. The third kappa shape index (κ3) is 5.02. The number of rotatable bonds is 4. The van der Waals surface area contributed by atoms with E-state index >= 15 is 0 Å². The van der Waals surface area contributed by atoms with E-state index in [1.54, 1.807) is 0 Å². The Morgan fingerprint density at radius 2 is 1.78 bits per heavy atom. The number of primary amides is 1. The zero-order valence-corrected chi connectivity index (χ0v) is 16.7. The molecule has 1 saturated heterocycles. The van der Waals surface area contributed by atoms with Gasteiger partial charge >= 0.3 is 6.09 Å². The normalized spacial score (nSPS) is 29.8. The molecule has 27 heavy (non-hydrogen) atoms. The van der Waals surface area contributed by atoms with Gasteiger partial charge in [-0.1, -0.05) is 20.8 Å². The van der Waals surface area contributed by atoms with Crippen LogP contribution >= 0.6 is 0 Å². The molecule has 156 valence electrons. The average Bonchev–Trinajstić information content (AvgIpc) is 3.01. The zero-order chi connectivity index (χ0) is 20.4. The van der Waals surface area contributed by atoms with Crippen LogP contribution in [0, 0.1) is 17.3 Å². The van der Waals surface area contributed by atoms with Crippen molar-refractivity contribution in [1.82, 2.24) is 10.2 Å². The van der Waals surface area contributed by atoms with Crippen molar-refractivity contribution < 1.29 is 22.0 Å². The minimum atomic E-state index is -0.754. The fourth-order valence-corrected chi connectivity index (χ4v) is 4.20. The number of ether oxygens (including phenoxy) is 1. The molecule has 3 amide bonds. The summed E-state index contributed by atoms with van der Waals surface area (Å²) in [6.07, 6.45) is 3.86. The van der Waals surface area contributed by atoms with Crippen molar-refractivity contribution in [3.8, 4) is 0 Å². The number of fused-ring (bicyclic) bond motifs is 1. The van der Waals surface area contributed by atoms with Gasteiger partial charge in [0, 0.05) is 9.40 Å². The second kappa shape index (κ2) is 8.31. The van der Waals surface area contributed by atoms with E-state index < -0.39 is 29.5 Å². The first-order valence-electron chi connectivity index (χ1n) is 9.73. The Hall–Kier alpha value is -2.05. The van der Waals surface area contributed by atoms with Crippen molar-refractivity contribution in [2.45, 2.75) is 71.1 Å². The molecule has 2 aliphatic carbocycles. The summed E-state index contributed by atoms with van der Waals surface area (Å²) in [6.45, 7) is 12.1.